The molecule has 1 aromatic heterocycles. The third kappa shape index (κ3) is 3.19. The molecule has 16 heavy (non-hydrogen) atoms. The third-order valence-electron chi connectivity index (χ3n) is 2.77. The summed E-state index contributed by atoms with van der Waals surface area (Å²) < 4.78 is 0. The van der Waals surface area contributed by atoms with Crippen molar-refractivity contribution in [3.63, 3.8) is 0 Å². The first-order chi connectivity index (χ1) is 7.90. The van der Waals surface area contributed by atoms with Crippen LogP contribution in [0.4, 0.5) is 0 Å². The third-order valence-corrected chi connectivity index (χ3v) is 4.15. The Balaban J connectivity index is 1.95. The second-order valence-corrected chi connectivity index (χ2v) is 5.40. The van der Waals surface area contributed by atoms with E-state index < -0.39 is 0 Å². The maximum atomic E-state index is 4.48. The van der Waals surface area contributed by atoms with Crippen LogP contribution < -0.4 is 5.32 Å². The molecular weight excluding hydrogens is 218 g/mol. The van der Waals surface area contributed by atoms with Gasteiger partial charge in [-0.15, -0.1) is 0 Å². The average Bonchev–Trinajstić information content (AvgIpc) is 2.38. The number of aromatic nitrogens is 2. The number of rotatable bonds is 4. The molecule has 1 aliphatic heterocycles. The van der Waals surface area contributed by atoms with Gasteiger partial charge in [-0.1, -0.05) is 13.3 Å². The van der Waals surface area contributed by atoms with Crippen molar-refractivity contribution in [2.75, 3.05) is 12.3 Å². The minimum absolute atomic E-state index is 0.530. The molecule has 3 nitrogen and oxygen atoms in total. The van der Waals surface area contributed by atoms with Gasteiger partial charge in [-0.2, -0.15) is 11.8 Å². The lowest BCUT2D eigenvalue weighted by Crippen LogP contribution is -2.13. The van der Waals surface area contributed by atoms with Crippen LogP contribution in [-0.4, -0.2) is 22.3 Å². The zero-order valence-electron chi connectivity index (χ0n) is 9.78. The fraction of sp³-hybridized carbons (Fsp3) is 0.667. The molecule has 88 valence electrons. The second-order valence-electron chi connectivity index (χ2n) is 4.09. The van der Waals surface area contributed by atoms with Crippen molar-refractivity contribution in [2.24, 2.45) is 0 Å². The number of nitrogens with zero attached hydrogens (tertiary/aromatic N) is 2. The molecular formula is C12H19N3S. The molecule has 0 amide bonds. The van der Waals surface area contributed by atoms with Gasteiger partial charge >= 0.3 is 0 Å². The monoisotopic (exact) mass is 237 g/mol. The summed E-state index contributed by atoms with van der Waals surface area (Å²) in [4.78, 5) is 8.97. The van der Waals surface area contributed by atoms with Gasteiger partial charge in [-0.05, 0) is 25.1 Å². The molecule has 1 atom stereocenters. The van der Waals surface area contributed by atoms with Crippen molar-refractivity contribution >= 4 is 11.8 Å². The number of nitrogens with one attached hydrogen (secondary N) is 1. The lowest BCUT2D eigenvalue weighted by molar-refractivity contribution is 0.657. The van der Waals surface area contributed by atoms with Crippen molar-refractivity contribution in [1.29, 1.82) is 0 Å². The fourth-order valence-electron chi connectivity index (χ4n) is 1.84. The zero-order valence-corrected chi connectivity index (χ0v) is 10.6. The number of hydrogen-bond donors (Lipinski definition) is 1. The molecule has 1 fully saturated rings. The van der Waals surface area contributed by atoms with E-state index in [0.29, 0.717) is 5.25 Å². The number of thioether (sulfide) groups is 1. The molecule has 2 heterocycles. The van der Waals surface area contributed by atoms with Crippen LogP contribution in [0.25, 0.3) is 0 Å². The van der Waals surface area contributed by atoms with E-state index in [1.165, 1.54) is 30.6 Å². The molecule has 0 aliphatic carbocycles. The van der Waals surface area contributed by atoms with Crippen molar-refractivity contribution in [3.8, 4) is 0 Å². The van der Waals surface area contributed by atoms with Crippen LogP contribution in [0, 0.1) is 0 Å². The average molecular weight is 237 g/mol. The van der Waals surface area contributed by atoms with Gasteiger partial charge in [-0.25, -0.2) is 9.97 Å². The molecule has 0 bridgehead atoms. The summed E-state index contributed by atoms with van der Waals surface area (Å²) in [6.07, 6.45) is 7.82. The lowest BCUT2D eigenvalue weighted by Gasteiger charge is -2.19. The molecule has 4 heteroatoms. The van der Waals surface area contributed by atoms with E-state index >= 15 is 0 Å². The Bertz CT molecular complexity index is 307. The Kier molecular flexibility index (Phi) is 4.60. The molecule has 0 radical (unpaired) electrons. The zero-order chi connectivity index (χ0) is 11.2. The summed E-state index contributed by atoms with van der Waals surface area (Å²) in [5.74, 6) is 2.28. The first-order valence-electron chi connectivity index (χ1n) is 6.03. The minimum Gasteiger partial charge on any atom is -0.313 e. The largest absolute Gasteiger partial charge is 0.313 e. The summed E-state index contributed by atoms with van der Waals surface area (Å²) in [5.41, 5.74) is 1.17. The van der Waals surface area contributed by atoms with Crippen LogP contribution in [0.3, 0.4) is 0 Å². The van der Waals surface area contributed by atoms with Gasteiger partial charge in [0.15, 0.2) is 0 Å². The summed E-state index contributed by atoms with van der Waals surface area (Å²) in [6, 6.07) is 0. The SMILES string of the molecule is CCNCc1cnc(C2CCCCS2)nc1. The normalized spacial score (nSPS) is 20.9. The summed E-state index contributed by atoms with van der Waals surface area (Å²) in [6.45, 7) is 3.96. The van der Waals surface area contributed by atoms with E-state index in [2.05, 4.69) is 22.2 Å². The first-order valence-corrected chi connectivity index (χ1v) is 7.08. The second kappa shape index (κ2) is 6.21. The van der Waals surface area contributed by atoms with E-state index in [1.807, 2.05) is 24.2 Å². The van der Waals surface area contributed by atoms with Crippen LogP contribution in [0.2, 0.25) is 0 Å². The Morgan fingerprint density at radius 2 is 2.19 bits per heavy atom. The quantitative estimate of drug-likeness (QED) is 0.873. The predicted octanol–water partition coefficient (Wildman–Crippen LogP) is 2.54. The van der Waals surface area contributed by atoms with E-state index in [4.69, 9.17) is 0 Å². The highest BCUT2D eigenvalue weighted by Gasteiger charge is 2.18. The topological polar surface area (TPSA) is 37.8 Å². The smallest absolute Gasteiger partial charge is 0.141 e. The van der Waals surface area contributed by atoms with E-state index in [-0.39, 0.29) is 0 Å². The molecule has 1 N–H and O–H groups in total. The molecule has 1 aliphatic rings. The van der Waals surface area contributed by atoms with Crippen LogP contribution in [-0.2, 0) is 6.54 Å². The van der Waals surface area contributed by atoms with Crippen LogP contribution in [0.5, 0.6) is 0 Å². The van der Waals surface area contributed by atoms with Crippen molar-refractivity contribution in [1.82, 2.24) is 15.3 Å². The molecule has 2 rings (SSSR count). The van der Waals surface area contributed by atoms with Crippen LogP contribution in [0.1, 0.15) is 42.8 Å². The molecule has 0 saturated carbocycles. The summed E-state index contributed by atoms with van der Waals surface area (Å²) >= 11 is 2.00. The van der Waals surface area contributed by atoms with Crippen molar-refractivity contribution < 1.29 is 0 Å². The maximum Gasteiger partial charge on any atom is 0.141 e. The van der Waals surface area contributed by atoms with Gasteiger partial charge in [-0.3, -0.25) is 0 Å². The number of hydrogen-bond acceptors (Lipinski definition) is 4. The van der Waals surface area contributed by atoms with E-state index in [0.717, 1.165) is 18.9 Å². The Labute approximate surface area is 101 Å². The minimum atomic E-state index is 0.530. The van der Waals surface area contributed by atoms with Gasteiger partial charge < -0.3 is 5.32 Å². The molecule has 1 saturated heterocycles. The first kappa shape index (κ1) is 11.9. The standard InChI is InChI=1S/C12H19N3S/c1-2-13-7-10-8-14-12(15-9-10)11-5-3-4-6-16-11/h8-9,11,13H,2-7H2,1H3. The highest BCUT2D eigenvalue weighted by atomic mass is 32.2. The Hall–Kier alpha value is -0.610. The molecule has 0 spiro atoms. The Morgan fingerprint density at radius 3 is 2.81 bits per heavy atom. The van der Waals surface area contributed by atoms with Crippen molar-refractivity contribution in [3.05, 3.63) is 23.8 Å². The van der Waals surface area contributed by atoms with Gasteiger partial charge in [0.05, 0.1) is 5.25 Å². The van der Waals surface area contributed by atoms with Gasteiger partial charge in [0.2, 0.25) is 0 Å². The molecule has 1 unspecified atom stereocenters. The van der Waals surface area contributed by atoms with Crippen LogP contribution >= 0.6 is 11.8 Å². The van der Waals surface area contributed by atoms with E-state index in [9.17, 15) is 0 Å². The lowest BCUT2D eigenvalue weighted by atomic mass is 10.2. The highest BCUT2D eigenvalue weighted by molar-refractivity contribution is 7.99. The highest BCUT2D eigenvalue weighted by Crippen LogP contribution is 2.36. The van der Waals surface area contributed by atoms with Gasteiger partial charge in [0, 0.05) is 24.5 Å². The summed E-state index contributed by atoms with van der Waals surface area (Å²) in [5, 5.41) is 3.81. The van der Waals surface area contributed by atoms with Crippen molar-refractivity contribution in [2.45, 2.75) is 38.0 Å². The van der Waals surface area contributed by atoms with Gasteiger partial charge in [0.25, 0.3) is 0 Å². The van der Waals surface area contributed by atoms with Gasteiger partial charge in [0.1, 0.15) is 5.82 Å². The van der Waals surface area contributed by atoms with E-state index in [1.54, 1.807) is 0 Å². The Morgan fingerprint density at radius 1 is 1.38 bits per heavy atom. The fourth-order valence-corrected chi connectivity index (χ4v) is 3.10. The maximum absolute atomic E-state index is 4.48. The summed E-state index contributed by atoms with van der Waals surface area (Å²) in [7, 11) is 0. The van der Waals surface area contributed by atoms with Crippen LogP contribution in [0.15, 0.2) is 12.4 Å². The molecule has 0 aromatic carbocycles. The predicted molar refractivity (Wildman–Crippen MR) is 68.5 cm³/mol. The molecule has 1 aromatic rings.